The van der Waals surface area contributed by atoms with E-state index in [4.69, 9.17) is 4.74 Å². The van der Waals surface area contributed by atoms with Gasteiger partial charge in [0.1, 0.15) is 5.75 Å². The van der Waals surface area contributed by atoms with Gasteiger partial charge in [0.05, 0.1) is 15.2 Å². The van der Waals surface area contributed by atoms with Crippen molar-refractivity contribution in [2.45, 2.75) is 32.6 Å². The first kappa shape index (κ1) is 19.8. The van der Waals surface area contributed by atoms with Crippen LogP contribution in [0.5, 0.6) is 5.75 Å². The first-order valence-electron chi connectivity index (χ1n) is 9.28. The first-order chi connectivity index (χ1) is 13.6. The van der Waals surface area contributed by atoms with E-state index in [9.17, 15) is 9.59 Å². The highest BCUT2D eigenvalue weighted by Crippen LogP contribution is 2.22. The van der Waals surface area contributed by atoms with Gasteiger partial charge in [0.25, 0.3) is 5.91 Å². The molecular formula is C21H23N3O3S. The molecule has 1 heterocycles. The molecule has 0 aliphatic heterocycles. The number of thiazole rings is 1. The van der Waals surface area contributed by atoms with Gasteiger partial charge in [-0.05, 0) is 49.1 Å². The lowest BCUT2D eigenvalue weighted by Crippen LogP contribution is -2.43. The molecule has 3 rings (SSSR count). The van der Waals surface area contributed by atoms with Crippen molar-refractivity contribution in [2.24, 2.45) is 0 Å². The van der Waals surface area contributed by atoms with E-state index in [0.717, 1.165) is 28.1 Å². The summed E-state index contributed by atoms with van der Waals surface area (Å²) in [5.74, 6) is -0.0182. The van der Waals surface area contributed by atoms with Crippen LogP contribution in [0.15, 0.2) is 48.5 Å². The zero-order chi connectivity index (χ0) is 19.8. The van der Waals surface area contributed by atoms with Crippen LogP contribution < -0.4 is 15.6 Å². The van der Waals surface area contributed by atoms with E-state index in [-0.39, 0.29) is 12.5 Å². The maximum Gasteiger partial charge on any atom is 0.276 e. The molecule has 0 radical (unpaired) electrons. The van der Waals surface area contributed by atoms with Crippen LogP contribution >= 0.6 is 11.3 Å². The molecule has 0 unspecified atom stereocenters. The SMILES string of the molecule is CCc1ccc(OCC(=O)NNC(=O)CCCc2nc3ccccc3s2)cc1. The fraction of sp³-hybridized carbons (Fsp3) is 0.286. The van der Waals surface area contributed by atoms with E-state index in [2.05, 4.69) is 22.8 Å². The monoisotopic (exact) mass is 397 g/mol. The number of carbonyl (C=O) groups is 2. The second-order valence-corrected chi connectivity index (χ2v) is 7.43. The number of hydrazine groups is 1. The van der Waals surface area contributed by atoms with Crippen LogP contribution in [0.1, 0.15) is 30.3 Å². The molecule has 6 nitrogen and oxygen atoms in total. The lowest BCUT2D eigenvalue weighted by Gasteiger charge is -2.09. The van der Waals surface area contributed by atoms with Gasteiger partial charge >= 0.3 is 0 Å². The van der Waals surface area contributed by atoms with Crippen molar-refractivity contribution in [3.05, 3.63) is 59.1 Å². The number of hydrogen-bond acceptors (Lipinski definition) is 5. The number of nitrogens with one attached hydrogen (secondary N) is 2. The van der Waals surface area contributed by atoms with Crippen LogP contribution in [0.25, 0.3) is 10.2 Å². The van der Waals surface area contributed by atoms with Crippen molar-refractivity contribution in [1.29, 1.82) is 0 Å². The highest BCUT2D eigenvalue weighted by Gasteiger charge is 2.08. The maximum absolute atomic E-state index is 11.9. The fourth-order valence-corrected chi connectivity index (χ4v) is 3.64. The van der Waals surface area contributed by atoms with Crippen molar-refractivity contribution in [3.63, 3.8) is 0 Å². The predicted octanol–water partition coefficient (Wildman–Crippen LogP) is 3.41. The molecule has 0 aliphatic rings. The number of ether oxygens (including phenoxy) is 1. The Morgan fingerprint density at radius 1 is 1.04 bits per heavy atom. The zero-order valence-electron chi connectivity index (χ0n) is 15.7. The molecule has 0 fully saturated rings. The lowest BCUT2D eigenvalue weighted by atomic mass is 10.2. The Morgan fingerprint density at radius 3 is 2.54 bits per heavy atom. The van der Waals surface area contributed by atoms with Crippen molar-refractivity contribution in [2.75, 3.05) is 6.61 Å². The molecule has 146 valence electrons. The summed E-state index contributed by atoms with van der Waals surface area (Å²) in [6.07, 6.45) is 2.67. The van der Waals surface area contributed by atoms with Gasteiger partial charge in [-0.1, -0.05) is 31.2 Å². The molecule has 28 heavy (non-hydrogen) atoms. The molecule has 2 amide bonds. The number of amides is 2. The van der Waals surface area contributed by atoms with Gasteiger partial charge < -0.3 is 4.74 Å². The fourth-order valence-electron chi connectivity index (χ4n) is 2.64. The minimum atomic E-state index is -0.404. The summed E-state index contributed by atoms with van der Waals surface area (Å²) in [6.45, 7) is 1.92. The maximum atomic E-state index is 11.9. The average molecular weight is 398 g/mol. The van der Waals surface area contributed by atoms with Crippen molar-refractivity contribution in [1.82, 2.24) is 15.8 Å². The third kappa shape index (κ3) is 5.79. The summed E-state index contributed by atoms with van der Waals surface area (Å²) >= 11 is 1.64. The predicted molar refractivity (Wildman–Crippen MR) is 110 cm³/mol. The molecule has 2 N–H and O–H groups in total. The van der Waals surface area contributed by atoms with Crippen molar-refractivity contribution >= 4 is 33.4 Å². The first-order valence-corrected chi connectivity index (χ1v) is 10.1. The molecule has 1 aromatic heterocycles. The van der Waals surface area contributed by atoms with Gasteiger partial charge in [-0.2, -0.15) is 0 Å². The zero-order valence-corrected chi connectivity index (χ0v) is 16.6. The number of carbonyl (C=O) groups excluding carboxylic acids is 2. The molecule has 3 aromatic rings. The lowest BCUT2D eigenvalue weighted by molar-refractivity contribution is -0.130. The van der Waals surface area contributed by atoms with Gasteiger partial charge in [0, 0.05) is 6.42 Å². The number of aryl methyl sites for hydroxylation is 2. The summed E-state index contributed by atoms with van der Waals surface area (Å²) in [5, 5.41) is 1.01. The number of hydrogen-bond donors (Lipinski definition) is 2. The van der Waals surface area contributed by atoms with Gasteiger partial charge in [-0.15, -0.1) is 11.3 Å². The molecule has 0 atom stereocenters. The Labute approximate surface area is 167 Å². The summed E-state index contributed by atoms with van der Waals surface area (Å²) in [7, 11) is 0. The van der Waals surface area contributed by atoms with Gasteiger partial charge in [0.15, 0.2) is 6.61 Å². The Kier molecular flexibility index (Phi) is 6.97. The van der Waals surface area contributed by atoms with E-state index in [1.165, 1.54) is 5.56 Å². The summed E-state index contributed by atoms with van der Waals surface area (Å²) in [6, 6.07) is 15.5. The third-order valence-corrected chi connectivity index (χ3v) is 5.27. The Balaban J connectivity index is 1.32. The van der Waals surface area contributed by atoms with Crippen LogP contribution in [0.4, 0.5) is 0 Å². The van der Waals surface area contributed by atoms with Crippen molar-refractivity contribution in [3.8, 4) is 5.75 Å². The van der Waals surface area contributed by atoms with E-state index < -0.39 is 5.91 Å². The summed E-state index contributed by atoms with van der Waals surface area (Å²) in [5.41, 5.74) is 6.98. The highest BCUT2D eigenvalue weighted by atomic mass is 32.1. The number of rotatable bonds is 8. The van der Waals surface area contributed by atoms with E-state index >= 15 is 0 Å². The van der Waals surface area contributed by atoms with E-state index in [1.807, 2.05) is 48.5 Å². The Hall–Kier alpha value is -2.93. The topological polar surface area (TPSA) is 80.3 Å². The summed E-state index contributed by atoms with van der Waals surface area (Å²) in [4.78, 5) is 28.2. The third-order valence-electron chi connectivity index (χ3n) is 4.18. The molecule has 0 bridgehead atoms. The number of benzene rings is 2. The standard InChI is InChI=1S/C21H23N3O3S/c1-2-15-10-12-16(13-11-15)27-14-20(26)24-23-19(25)8-5-9-21-22-17-6-3-4-7-18(17)28-21/h3-4,6-7,10-13H,2,5,8-9,14H2,1H3,(H,23,25)(H,24,26). The number of fused-ring (bicyclic) bond motifs is 1. The van der Waals surface area contributed by atoms with Crippen molar-refractivity contribution < 1.29 is 14.3 Å². The Bertz CT molecular complexity index is 904. The van der Waals surface area contributed by atoms with Gasteiger partial charge in [-0.3, -0.25) is 20.4 Å². The van der Waals surface area contributed by atoms with Crippen LogP contribution in [0, 0.1) is 0 Å². The molecular weight excluding hydrogens is 374 g/mol. The van der Waals surface area contributed by atoms with E-state index in [0.29, 0.717) is 18.6 Å². The Morgan fingerprint density at radius 2 is 1.79 bits per heavy atom. The van der Waals surface area contributed by atoms with Gasteiger partial charge in [-0.25, -0.2) is 4.98 Å². The minimum absolute atomic E-state index is 0.155. The molecule has 7 heteroatoms. The quantitative estimate of drug-likeness (QED) is 0.571. The molecule has 0 saturated carbocycles. The summed E-state index contributed by atoms with van der Waals surface area (Å²) < 4.78 is 6.55. The number of nitrogens with zero attached hydrogens (tertiary/aromatic N) is 1. The largest absolute Gasteiger partial charge is 0.484 e. The average Bonchev–Trinajstić information content (AvgIpc) is 3.14. The van der Waals surface area contributed by atoms with Crippen LogP contribution in [0.3, 0.4) is 0 Å². The second kappa shape index (κ2) is 9.85. The minimum Gasteiger partial charge on any atom is -0.484 e. The van der Waals surface area contributed by atoms with E-state index in [1.54, 1.807) is 11.3 Å². The molecule has 0 spiro atoms. The van der Waals surface area contributed by atoms with Gasteiger partial charge in [0.2, 0.25) is 5.91 Å². The molecule has 2 aromatic carbocycles. The smallest absolute Gasteiger partial charge is 0.276 e. The molecule has 0 saturated heterocycles. The molecule has 0 aliphatic carbocycles. The highest BCUT2D eigenvalue weighted by molar-refractivity contribution is 7.18. The normalized spacial score (nSPS) is 10.6. The van der Waals surface area contributed by atoms with Crippen LogP contribution in [-0.4, -0.2) is 23.4 Å². The van der Waals surface area contributed by atoms with Crippen LogP contribution in [0.2, 0.25) is 0 Å². The number of aromatic nitrogens is 1. The van der Waals surface area contributed by atoms with Crippen LogP contribution in [-0.2, 0) is 22.4 Å². The second-order valence-electron chi connectivity index (χ2n) is 6.31. The number of para-hydroxylation sites is 1.